The van der Waals surface area contributed by atoms with Gasteiger partial charge < -0.3 is 4.74 Å². The molecule has 0 N–H and O–H groups in total. The Bertz CT molecular complexity index is 531. The minimum Gasteiger partial charge on any atom is -0.489 e. The molecule has 0 heterocycles. The van der Waals surface area contributed by atoms with Gasteiger partial charge in [-0.1, -0.05) is 45.7 Å². The van der Waals surface area contributed by atoms with Crippen LogP contribution in [0.1, 0.15) is 5.56 Å². The Morgan fingerprint density at radius 1 is 1.18 bits per heavy atom. The van der Waals surface area contributed by atoms with Gasteiger partial charge in [0.1, 0.15) is 18.2 Å². The van der Waals surface area contributed by atoms with Gasteiger partial charge in [0.2, 0.25) is 0 Å². The number of rotatable bonds is 3. The molecule has 0 saturated heterocycles. The molecule has 1 nitrogen and oxygen atoms in total. The van der Waals surface area contributed by atoms with Crippen LogP contribution >= 0.6 is 27.5 Å². The van der Waals surface area contributed by atoms with E-state index < -0.39 is 5.82 Å². The van der Waals surface area contributed by atoms with Crippen LogP contribution in [0.5, 0.6) is 5.75 Å². The minimum atomic E-state index is -0.476. The first kappa shape index (κ1) is 12.4. The maximum Gasteiger partial charge on any atom is 0.145 e. The molecule has 0 fully saturated rings. The summed E-state index contributed by atoms with van der Waals surface area (Å²) in [6, 6.07) is 12.1. The Balaban J connectivity index is 2.08. The molecule has 0 aromatic heterocycles. The third-order valence-corrected chi connectivity index (χ3v) is 3.32. The molecule has 2 aromatic rings. The molecule has 0 bridgehead atoms. The molecule has 0 spiro atoms. The van der Waals surface area contributed by atoms with Crippen molar-refractivity contribution in [3.05, 3.63) is 63.3 Å². The highest BCUT2D eigenvalue weighted by Crippen LogP contribution is 2.22. The summed E-state index contributed by atoms with van der Waals surface area (Å²) in [4.78, 5) is 0. The first-order chi connectivity index (χ1) is 8.16. The first-order valence-electron chi connectivity index (χ1n) is 4.98. The maximum atomic E-state index is 13.2. The highest BCUT2D eigenvalue weighted by atomic mass is 79.9. The quantitative estimate of drug-likeness (QED) is 0.789. The van der Waals surface area contributed by atoms with Crippen molar-refractivity contribution >= 4 is 27.5 Å². The maximum absolute atomic E-state index is 13.2. The highest BCUT2D eigenvalue weighted by molar-refractivity contribution is 9.10. The summed E-state index contributed by atoms with van der Waals surface area (Å²) in [5.41, 5.74) is 1.00. The van der Waals surface area contributed by atoms with Crippen molar-refractivity contribution in [3.8, 4) is 5.75 Å². The third kappa shape index (κ3) is 3.20. The second kappa shape index (κ2) is 5.52. The van der Waals surface area contributed by atoms with E-state index >= 15 is 0 Å². The molecular formula is C13H9BrClFO. The van der Waals surface area contributed by atoms with Gasteiger partial charge in [0, 0.05) is 16.1 Å². The van der Waals surface area contributed by atoms with Crippen LogP contribution in [-0.2, 0) is 6.61 Å². The van der Waals surface area contributed by atoms with Crippen molar-refractivity contribution < 1.29 is 9.13 Å². The summed E-state index contributed by atoms with van der Waals surface area (Å²) in [6.07, 6.45) is 0. The summed E-state index contributed by atoms with van der Waals surface area (Å²) in [6.45, 7) is 0.377. The minimum absolute atomic E-state index is 0.0956. The van der Waals surface area contributed by atoms with Crippen molar-refractivity contribution in [1.29, 1.82) is 0 Å². The predicted octanol–water partition coefficient (Wildman–Crippen LogP) is 4.82. The van der Waals surface area contributed by atoms with Crippen LogP contribution in [0.4, 0.5) is 4.39 Å². The lowest BCUT2D eigenvalue weighted by Gasteiger charge is -2.08. The number of hydrogen-bond donors (Lipinski definition) is 0. The van der Waals surface area contributed by atoms with Crippen LogP contribution in [-0.4, -0.2) is 0 Å². The van der Waals surface area contributed by atoms with E-state index in [-0.39, 0.29) is 5.02 Å². The molecule has 4 heteroatoms. The molecule has 0 saturated carbocycles. The smallest absolute Gasteiger partial charge is 0.145 e. The lowest BCUT2D eigenvalue weighted by atomic mass is 10.2. The van der Waals surface area contributed by atoms with E-state index in [1.807, 2.05) is 24.3 Å². The SMILES string of the molecule is Fc1cc(OCc2ccccc2Br)ccc1Cl. The predicted molar refractivity (Wildman–Crippen MR) is 69.9 cm³/mol. The summed E-state index contributed by atoms with van der Waals surface area (Å²) < 4.78 is 19.6. The first-order valence-corrected chi connectivity index (χ1v) is 6.15. The fourth-order valence-corrected chi connectivity index (χ4v) is 1.86. The normalized spacial score (nSPS) is 10.3. The molecule has 0 amide bonds. The Kier molecular flexibility index (Phi) is 4.02. The van der Waals surface area contributed by atoms with Gasteiger partial charge in [0.05, 0.1) is 5.02 Å². The lowest BCUT2D eigenvalue weighted by Crippen LogP contribution is -1.96. The monoisotopic (exact) mass is 314 g/mol. The van der Waals surface area contributed by atoms with Gasteiger partial charge in [0.25, 0.3) is 0 Å². The van der Waals surface area contributed by atoms with Crippen molar-refractivity contribution in [3.63, 3.8) is 0 Å². The number of ether oxygens (including phenoxy) is 1. The fraction of sp³-hybridized carbons (Fsp3) is 0.0769. The van der Waals surface area contributed by atoms with E-state index in [0.29, 0.717) is 12.4 Å². The zero-order chi connectivity index (χ0) is 12.3. The van der Waals surface area contributed by atoms with Crippen LogP contribution < -0.4 is 4.74 Å². The molecule has 88 valence electrons. The van der Waals surface area contributed by atoms with Gasteiger partial charge in [-0.05, 0) is 18.2 Å². The van der Waals surface area contributed by atoms with E-state index in [1.54, 1.807) is 6.07 Å². The van der Waals surface area contributed by atoms with Gasteiger partial charge in [-0.25, -0.2) is 4.39 Å². The average molecular weight is 316 g/mol. The fourth-order valence-electron chi connectivity index (χ4n) is 1.34. The van der Waals surface area contributed by atoms with E-state index in [1.165, 1.54) is 12.1 Å². The van der Waals surface area contributed by atoms with Gasteiger partial charge in [-0.15, -0.1) is 0 Å². The number of benzene rings is 2. The Hall–Kier alpha value is -1.06. The molecule has 0 radical (unpaired) electrons. The van der Waals surface area contributed by atoms with Crippen LogP contribution in [0.3, 0.4) is 0 Å². The zero-order valence-corrected chi connectivity index (χ0v) is 11.1. The van der Waals surface area contributed by atoms with Gasteiger partial charge >= 0.3 is 0 Å². The molecule has 2 aromatic carbocycles. The van der Waals surface area contributed by atoms with Crippen molar-refractivity contribution in [1.82, 2.24) is 0 Å². The van der Waals surface area contributed by atoms with Gasteiger partial charge in [0.15, 0.2) is 0 Å². The summed E-state index contributed by atoms with van der Waals surface area (Å²) in [5, 5.41) is 0.0956. The Morgan fingerprint density at radius 3 is 2.65 bits per heavy atom. The van der Waals surface area contributed by atoms with E-state index in [9.17, 15) is 4.39 Å². The second-order valence-corrected chi connectivity index (χ2v) is 4.72. The molecule has 0 unspecified atom stereocenters. The molecule has 0 aliphatic rings. The number of hydrogen-bond acceptors (Lipinski definition) is 1. The lowest BCUT2D eigenvalue weighted by molar-refractivity contribution is 0.304. The second-order valence-electron chi connectivity index (χ2n) is 3.46. The zero-order valence-electron chi connectivity index (χ0n) is 8.79. The van der Waals surface area contributed by atoms with Crippen LogP contribution in [0.25, 0.3) is 0 Å². The van der Waals surface area contributed by atoms with Crippen LogP contribution in [0, 0.1) is 5.82 Å². The Labute approximate surface area is 112 Å². The van der Waals surface area contributed by atoms with Crippen LogP contribution in [0.15, 0.2) is 46.9 Å². The standard InChI is InChI=1S/C13H9BrClFO/c14-11-4-2-1-3-9(11)8-17-10-5-6-12(15)13(16)7-10/h1-7H,8H2. The van der Waals surface area contributed by atoms with Crippen molar-refractivity contribution in [2.75, 3.05) is 0 Å². The molecular weight excluding hydrogens is 306 g/mol. The Morgan fingerprint density at radius 2 is 1.94 bits per heavy atom. The summed E-state index contributed by atoms with van der Waals surface area (Å²) in [7, 11) is 0. The molecule has 0 atom stereocenters. The highest BCUT2D eigenvalue weighted by Gasteiger charge is 2.03. The molecule has 17 heavy (non-hydrogen) atoms. The number of halogens is 3. The van der Waals surface area contributed by atoms with Crippen molar-refractivity contribution in [2.45, 2.75) is 6.61 Å². The van der Waals surface area contributed by atoms with E-state index in [0.717, 1.165) is 10.0 Å². The molecule has 0 aliphatic heterocycles. The summed E-state index contributed by atoms with van der Waals surface area (Å²) in [5.74, 6) is -0.0149. The largest absolute Gasteiger partial charge is 0.489 e. The van der Waals surface area contributed by atoms with Gasteiger partial charge in [-0.2, -0.15) is 0 Å². The van der Waals surface area contributed by atoms with E-state index in [2.05, 4.69) is 15.9 Å². The van der Waals surface area contributed by atoms with Gasteiger partial charge in [-0.3, -0.25) is 0 Å². The molecule has 2 rings (SSSR count). The molecule has 0 aliphatic carbocycles. The average Bonchev–Trinajstić information content (AvgIpc) is 2.32. The summed E-state index contributed by atoms with van der Waals surface area (Å²) >= 11 is 9.01. The van der Waals surface area contributed by atoms with Crippen molar-refractivity contribution in [2.24, 2.45) is 0 Å². The third-order valence-electron chi connectivity index (χ3n) is 2.24. The topological polar surface area (TPSA) is 9.23 Å². The van der Waals surface area contributed by atoms with Crippen LogP contribution in [0.2, 0.25) is 5.02 Å². The van der Waals surface area contributed by atoms with E-state index in [4.69, 9.17) is 16.3 Å².